The van der Waals surface area contributed by atoms with Crippen molar-refractivity contribution in [3.05, 3.63) is 42.0 Å². The number of phenolic OH excluding ortho intramolecular Hbond substituents is 1. The van der Waals surface area contributed by atoms with Gasteiger partial charge in [0, 0.05) is 18.7 Å². The molecule has 4 rings (SSSR count). The maximum absolute atomic E-state index is 10.2. The average molecular weight is 339 g/mol. The summed E-state index contributed by atoms with van der Waals surface area (Å²) in [7, 11) is 0. The van der Waals surface area contributed by atoms with Crippen LogP contribution in [0.25, 0.3) is 11.2 Å². The van der Waals surface area contributed by atoms with Gasteiger partial charge in [-0.15, -0.1) is 0 Å². The zero-order valence-corrected chi connectivity index (χ0v) is 14.1. The first-order chi connectivity index (χ1) is 12.2. The molecule has 0 aliphatic carbocycles. The van der Waals surface area contributed by atoms with Gasteiger partial charge in [-0.1, -0.05) is 18.2 Å². The fraction of sp³-hybridized carbons (Fsp3) is 0.389. The summed E-state index contributed by atoms with van der Waals surface area (Å²) < 4.78 is 7.82. The number of para-hydroxylation sites is 1. The van der Waals surface area contributed by atoms with Crippen molar-refractivity contribution < 1.29 is 9.84 Å². The number of aryl methyl sites for hydroxylation is 1. The van der Waals surface area contributed by atoms with Crippen LogP contribution in [-0.2, 0) is 11.3 Å². The van der Waals surface area contributed by atoms with Gasteiger partial charge < -0.3 is 15.2 Å². The number of hydrogen-bond donors (Lipinski definition) is 2. The van der Waals surface area contributed by atoms with Crippen LogP contribution in [0, 0.1) is 6.92 Å². The number of rotatable bonds is 4. The first kappa shape index (κ1) is 15.8. The molecule has 0 amide bonds. The van der Waals surface area contributed by atoms with Crippen LogP contribution in [0.5, 0.6) is 5.75 Å². The SMILES string of the molecule is Cc1cccc(CNc2ncnc3c2ncn3C2CCCCO2)c1O. The largest absolute Gasteiger partial charge is 0.507 e. The highest BCUT2D eigenvalue weighted by Crippen LogP contribution is 2.28. The smallest absolute Gasteiger partial charge is 0.167 e. The second-order valence-corrected chi connectivity index (χ2v) is 6.30. The van der Waals surface area contributed by atoms with E-state index in [-0.39, 0.29) is 6.23 Å². The van der Waals surface area contributed by atoms with E-state index in [0.717, 1.165) is 42.6 Å². The monoisotopic (exact) mass is 339 g/mol. The van der Waals surface area contributed by atoms with Gasteiger partial charge >= 0.3 is 0 Å². The molecular formula is C18H21N5O2. The van der Waals surface area contributed by atoms with Gasteiger partial charge in [-0.3, -0.25) is 4.57 Å². The predicted octanol–water partition coefficient (Wildman–Crippen LogP) is 3.15. The van der Waals surface area contributed by atoms with Crippen molar-refractivity contribution in [3.63, 3.8) is 0 Å². The molecule has 2 aromatic heterocycles. The van der Waals surface area contributed by atoms with Crippen LogP contribution in [0.4, 0.5) is 5.82 Å². The van der Waals surface area contributed by atoms with Crippen molar-refractivity contribution >= 4 is 17.0 Å². The van der Waals surface area contributed by atoms with E-state index in [2.05, 4.69) is 20.3 Å². The van der Waals surface area contributed by atoms with E-state index in [9.17, 15) is 5.11 Å². The van der Waals surface area contributed by atoms with E-state index in [1.807, 2.05) is 29.7 Å². The minimum atomic E-state index is -0.0117. The summed E-state index contributed by atoms with van der Waals surface area (Å²) in [6.07, 6.45) is 6.50. The molecule has 1 aliphatic heterocycles. The minimum Gasteiger partial charge on any atom is -0.507 e. The Morgan fingerprint density at radius 3 is 3.04 bits per heavy atom. The zero-order chi connectivity index (χ0) is 17.2. The molecule has 130 valence electrons. The molecule has 1 aromatic carbocycles. The lowest BCUT2D eigenvalue weighted by Crippen LogP contribution is -2.17. The molecule has 3 aromatic rings. The number of aromatic hydroxyl groups is 1. The van der Waals surface area contributed by atoms with Crippen LogP contribution in [0.3, 0.4) is 0 Å². The van der Waals surface area contributed by atoms with Crippen LogP contribution in [0.15, 0.2) is 30.9 Å². The Hall–Kier alpha value is -2.67. The van der Waals surface area contributed by atoms with Crippen molar-refractivity contribution in [3.8, 4) is 5.75 Å². The van der Waals surface area contributed by atoms with Crippen molar-refractivity contribution in [2.75, 3.05) is 11.9 Å². The molecule has 1 fully saturated rings. The molecule has 0 bridgehead atoms. The quantitative estimate of drug-likeness (QED) is 0.759. The molecule has 25 heavy (non-hydrogen) atoms. The highest BCUT2D eigenvalue weighted by molar-refractivity contribution is 5.82. The number of nitrogens with zero attached hydrogens (tertiary/aromatic N) is 4. The fourth-order valence-corrected chi connectivity index (χ4v) is 3.18. The third kappa shape index (κ3) is 3.02. The number of imidazole rings is 1. The third-order valence-electron chi connectivity index (χ3n) is 4.59. The molecule has 0 saturated carbocycles. The van der Waals surface area contributed by atoms with E-state index in [0.29, 0.717) is 23.6 Å². The van der Waals surface area contributed by atoms with Gasteiger partial charge in [0.2, 0.25) is 0 Å². The van der Waals surface area contributed by atoms with Crippen LogP contribution < -0.4 is 5.32 Å². The summed E-state index contributed by atoms with van der Waals surface area (Å²) in [4.78, 5) is 13.2. The van der Waals surface area contributed by atoms with Gasteiger partial charge in [0.25, 0.3) is 0 Å². The molecule has 1 saturated heterocycles. The number of hydrogen-bond acceptors (Lipinski definition) is 6. The second kappa shape index (κ2) is 6.68. The Morgan fingerprint density at radius 1 is 1.28 bits per heavy atom. The van der Waals surface area contributed by atoms with Gasteiger partial charge in [-0.25, -0.2) is 15.0 Å². The van der Waals surface area contributed by atoms with Gasteiger partial charge in [0.15, 0.2) is 17.0 Å². The fourth-order valence-electron chi connectivity index (χ4n) is 3.18. The van der Waals surface area contributed by atoms with Crippen molar-refractivity contribution in [2.45, 2.75) is 39.0 Å². The van der Waals surface area contributed by atoms with Crippen LogP contribution >= 0.6 is 0 Å². The maximum atomic E-state index is 10.2. The lowest BCUT2D eigenvalue weighted by molar-refractivity contribution is -0.0298. The summed E-state index contributed by atoms with van der Waals surface area (Å²) in [5, 5.41) is 13.4. The predicted molar refractivity (Wildman–Crippen MR) is 94.3 cm³/mol. The number of anilines is 1. The Balaban J connectivity index is 1.60. The molecule has 0 radical (unpaired) electrons. The Kier molecular flexibility index (Phi) is 4.23. The topological polar surface area (TPSA) is 85.1 Å². The normalized spacial score (nSPS) is 17.7. The van der Waals surface area contributed by atoms with Crippen molar-refractivity contribution in [1.29, 1.82) is 0 Å². The summed E-state index contributed by atoms with van der Waals surface area (Å²) >= 11 is 0. The van der Waals surface area contributed by atoms with E-state index in [1.54, 1.807) is 6.33 Å². The van der Waals surface area contributed by atoms with Gasteiger partial charge in [0.05, 0.1) is 6.33 Å². The lowest BCUT2D eigenvalue weighted by Gasteiger charge is -2.23. The maximum Gasteiger partial charge on any atom is 0.167 e. The van der Waals surface area contributed by atoms with Crippen LogP contribution in [0.1, 0.15) is 36.6 Å². The van der Waals surface area contributed by atoms with Crippen molar-refractivity contribution in [2.24, 2.45) is 0 Å². The lowest BCUT2D eigenvalue weighted by atomic mass is 10.1. The number of ether oxygens (including phenoxy) is 1. The Labute approximate surface area is 145 Å². The van der Waals surface area contributed by atoms with Crippen molar-refractivity contribution in [1.82, 2.24) is 19.5 Å². The zero-order valence-electron chi connectivity index (χ0n) is 14.1. The molecule has 7 heteroatoms. The second-order valence-electron chi connectivity index (χ2n) is 6.30. The molecule has 1 unspecified atom stereocenters. The third-order valence-corrected chi connectivity index (χ3v) is 4.59. The highest BCUT2D eigenvalue weighted by atomic mass is 16.5. The number of fused-ring (bicyclic) bond motifs is 1. The average Bonchev–Trinajstić information content (AvgIpc) is 3.08. The molecule has 3 heterocycles. The summed E-state index contributed by atoms with van der Waals surface area (Å²) in [5.74, 6) is 0.960. The standard InChI is InChI=1S/C18H21N5O2/c1-12-5-4-6-13(16(12)24)9-19-17-15-18(21-10-20-17)23(11-22-15)14-7-2-3-8-25-14/h4-6,10-11,14,24H,2-3,7-9H2,1H3,(H,19,20,21). The summed E-state index contributed by atoms with van der Waals surface area (Å²) in [6.45, 7) is 3.12. The first-order valence-corrected chi connectivity index (χ1v) is 8.54. The van der Waals surface area contributed by atoms with E-state index in [1.165, 1.54) is 6.33 Å². The molecule has 1 atom stereocenters. The number of benzene rings is 1. The van der Waals surface area contributed by atoms with Gasteiger partial charge in [-0.05, 0) is 31.7 Å². The van der Waals surface area contributed by atoms with Gasteiger partial charge in [0.1, 0.15) is 18.3 Å². The molecular weight excluding hydrogens is 318 g/mol. The Bertz CT molecular complexity index is 886. The Morgan fingerprint density at radius 2 is 2.20 bits per heavy atom. The van der Waals surface area contributed by atoms with E-state index in [4.69, 9.17) is 4.74 Å². The number of nitrogens with one attached hydrogen (secondary N) is 1. The van der Waals surface area contributed by atoms with Crippen LogP contribution in [0.2, 0.25) is 0 Å². The number of phenols is 1. The molecule has 0 spiro atoms. The number of aromatic nitrogens is 4. The van der Waals surface area contributed by atoms with E-state index < -0.39 is 0 Å². The molecule has 7 nitrogen and oxygen atoms in total. The van der Waals surface area contributed by atoms with Gasteiger partial charge in [-0.2, -0.15) is 0 Å². The minimum absolute atomic E-state index is 0.0117. The molecule has 2 N–H and O–H groups in total. The molecule has 1 aliphatic rings. The van der Waals surface area contributed by atoms with E-state index >= 15 is 0 Å². The highest BCUT2D eigenvalue weighted by Gasteiger charge is 2.20. The summed E-state index contributed by atoms with van der Waals surface area (Å²) in [5.41, 5.74) is 3.15. The first-order valence-electron chi connectivity index (χ1n) is 8.54. The summed E-state index contributed by atoms with van der Waals surface area (Å²) in [6, 6.07) is 5.70. The van der Waals surface area contributed by atoms with Crippen LogP contribution in [-0.4, -0.2) is 31.2 Å².